The highest BCUT2D eigenvalue weighted by atomic mass is 79.9. The number of anilines is 1. The SMILES string of the molecule is CCCOc1ccc(NC2CCCc3sc(Br)cc32)cc1. The molecule has 0 amide bonds. The number of hydrogen-bond acceptors (Lipinski definition) is 3. The molecule has 0 saturated heterocycles. The van der Waals surface area contributed by atoms with Crippen LogP contribution < -0.4 is 10.1 Å². The van der Waals surface area contributed by atoms with Crippen LogP contribution >= 0.6 is 27.3 Å². The molecule has 1 aliphatic carbocycles. The highest BCUT2D eigenvalue weighted by molar-refractivity contribution is 9.11. The smallest absolute Gasteiger partial charge is 0.119 e. The van der Waals surface area contributed by atoms with Crippen LogP contribution in [0.1, 0.15) is 42.7 Å². The van der Waals surface area contributed by atoms with Crippen molar-refractivity contribution in [2.24, 2.45) is 0 Å². The van der Waals surface area contributed by atoms with Gasteiger partial charge in [0.15, 0.2) is 0 Å². The lowest BCUT2D eigenvalue weighted by Crippen LogP contribution is -2.15. The number of rotatable bonds is 5. The van der Waals surface area contributed by atoms with E-state index in [2.05, 4.69) is 46.4 Å². The van der Waals surface area contributed by atoms with Gasteiger partial charge in [0.25, 0.3) is 0 Å². The molecule has 0 aliphatic heterocycles. The Morgan fingerprint density at radius 1 is 1.33 bits per heavy atom. The van der Waals surface area contributed by atoms with Gasteiger partial charge >= 0.3 is 0 Å². The third kappa shape index (κ3) is 3.61. The van der Waals surface area contributed by atoms with Gasteiger partial charge in [-0.25, -0.2) is 0 Å². The minimum Gasteiger partial charge on any atom is -0.494 e. The number of benzene rings is 1. The Hall–Kier alpha value is -1.00. The summed E-state index contributed by atoms with van der Waals surface area (Å²) in [6.45, 7) is 2.90. The minimum absolute atomic E-state index is 0.429. The zero-order chi connectivity index (χ0) is 14.7. The van der Waals surface area contributed by atoms with Gasteiger partial charge in [0.1, 0.15) is 5.75 Å². The molecule has 0 bridgehead atoms. The quantitative estimate of drug-likeness (QED) is 0.723. The lowest BCUT2D eigenvalue weighted by molar-refractivity contribution is 0.317. The highest BCUT2D eigenvalue weighted by Crippen LogP contribution is 2.39. The average molecular weight is 366 g/mol. The van der Waals surface area contributed by atoms with Gasteiger partial charge in [0, 0.05) is 10.6 Å². The second-order valence-electron chi connectivity index (χ2n) is 5.39. The van der Waals surface area contributed by atoms with E-state index in [-0.39, 0.29) is 0 Å². The average Bonchev–Trinajstić information content (AvgIpc) is 2.88. The molecule has 1 atom stereocenters. The Kier molecular flexibility index (Phi) is 4.86. The number of ether oxygens (including phenoxy) is 1. The number of aryl methyl sites for hydroxylation is 1. The van der Waals surface area contributed by atoms with Crippen molar-refractivity contribution in [3.05, 3.63) is 44.6 Å². The van der Waals surface area contributed by atoms with Gasteiger partial charge in [-0.15, -0.1) is 11.3 Å². The normalized spacial score (nSPS) is 17.3. The van der Waals surface area contributed by atoms with Gasteiger partial charge in [-0.2, -0.15) is 0 Å². The summed E-state index contributed by atoms with van der Waals surface area (Å²) in [7, 11) is 0. The zero-order valence-electron chi connectivity index (χ0n) is 12.2. The number of halogens is 1. The minimum atomic E-state index is 0.429. The van der Waals surface area contributed by atoms with Gasteiger partial charge in [-0.05, 0) is 77.5 Å². The Morgan fingerprint density at radius 2 is 2.14 bits per heavy atom. The van der Waals surface area contributed by atoms with Crippen LogP contribution in [-0.4, -0.2) is 6.61 Å². The monoisotopic (exact) mass is 365 g/mol. The van der Waals surface area contributed by atoms with Gasteiger partial charge in [0.05, 0.1) is 16.4 Å². The molecule has 0 fully saturated rings. The lowest BCUT2D eigenvalue weighted by atomic mass is 9.94. The molecule has 0 saturated carbocycles. The van der Waals surface area contributed by atoms with Crippen LogP contribution in [-0.2, 0) is 6.42 Å². The molecule has 1 aromatic carbocycles. The third-order valence-electron chi connectivity index (χ3n) is 3.75. The highest BCUT2D eigenvalue weighted by Gasteiger charge is 2.22. The van der Waals surface area contributed by atoms with Crippen LogP contribution in [0.15, 0.2) is 34.1 Å². The van der Waals surface area contributed by atoms with E-state index in [1.165, 1.54) is 39.2 Å². The summed E-state index contributed by atoms with van der Waals surface area (Å²) in [6.07, 6.45) is 4.71. The predicted molar refractivity (Wildman–Crippen MR) is 93.5 cm³/mol. The summed E-state index contributed by atoms with van der Waals surface area (Å²) in [6, 6.07) is 11.0. The molecule has 4 heteroatoms. The van der Waals surface area contributed by atoms with Crippen LogP contribution in [0.2, 0.25) is 0 Å². The molecule has 1 aromatic heterocycles. The fourth-order valence-corrected chi connectivity index (χ4v) is 4.56. The molecular weight excluding hydrogens is 346 g/mol. The first-order chi connectivity index (χ1) is 10.3. The van der Waals surface area contributed by atoms with Crippen molar-refractivity contribution in [3.8, 4) is 5.75 Å². The van der Waals surface area contributed by atoms with Crippen molar-refractivity contribution in [2.75, 3.05) is 11.9 Å². The van der Waals surface area contributed by atoms with Crippen molar-refractivity contribution in [1.29, 1.82) is 0 Å². The van der Waals surface area contributed by atoms with Gasteiger partial charge in [0.2, 0.25) is 0 Å². The zero-order valence-corrected chi connectivity index (χ0v) is 14.6. The molecule has 1 aliphatic rings. The Morgan fingerprint density at radius 3 is 2.90 bits per heavy atom. The molecule has 1 unspecified atom stereocenters. The molecule has 0 radical (unpaired) electrons. The number of thiophene rings is 1. The summed E-state index contributed by atoms with van der Waals surface area (Å²) in [5, 5.41) is 3.66. The van der Waals surface area contributed by atoms with Gasteiger partial charge in [-0.3, -0.25) is 0 Å². The van der Waals surface area contributed by atoms with E-state index >= 15 is 0 Å². The maximum absolute atomic E-state index is 5.63. The Bertz CT molecular complexity index is 593. The number of hydrogen-bond donors (Lipinski definition) is 1. The van der Waals surface area contributed by atoms with E-state index in [0.29, 0.717) is 6.04 Å². The topological polar surface area (TPSA) is 21.3 Å². The molecule has 1 heterocycles. The van der Waals surface area contributed by atoms with E-state index < -0.39 is 0 Å². The summed E-state index contributed by atoms with van der Waals surface area (Å²) in [4.78, 5) is 1.52. The molecule has 3 rings (SSSR count). The lowest BCUT2D eigenvalue weighted by Gasteiger charge is -2.24. The van der Waals surface area contributed by atoms with Crippen molar-refractivity contribution >= 4 is 33.0 Å². The van der Waals surface area contributed by atoms with E-state index in [1.54, 1.807) is 0 Å². The summed E-state index contributed by atoms with van der Waals surface area (Å²) >= 11 is 5.49. The number of nitrogens with one attached hydrogen (secondary N) is 1. The summed E-state index contributed by atoms with van der Waals surface area (Å²) < 4.78 is 6.87. The van der Waals surface area contributed by atoms with E-state index in [1.807, 2.05) is 23.5 Å². The standard InChI is InChI=1S/C17H20BrNOS/c1-2-10-20-13-8-6-12(7-9-13)19-15-4-3-5-16-14(15)11-17(18)21-16/h6-9,11,15,19H,2-5,10H2,1H3. The fourth-order valence-electron chi connectivity index (χ4n) is 2.74. The fraction of sp³-hybridized carbons (Fsp3) is 0.412. The van der Waals surface area contributed by atoms with E-state index in [9.17, 15) is 0 Å². The van der Waals surface area contributed by atoms with Crippen LogP contribution in [0.5, 0.6) is 5.75 Å². The van der Waals surface area contributed by atoms with Crippen LogP contribution in [0.25, 0.3) is 0 Å². The molecular formula is C17H20BrNOS. The van der Waals surface area contributed by atoms with Crippen molar-refractivity contribution in [3.63, 3.8) is 0 Å². The van der Waals surface area contributed by atoms with Crippen LogP contribution in [0.4, 0.5) is 5.69 Å². The maximum atomic E-state index is 5.63. The van der Waals surface area contributed by atoms with Gasteiger partial charge < -0.3 is 10.1 Å². The van der Waals surface area contributed by atoms with Gasteiger partial charge in [-0.1, -0.05) is 6.92 Å². The van der Waals surface area contributed by atoms with E-state index in [4.69, 9.17) is 4.74 Å². The Balaban J connectivity index is 1.69. The third-order valence-corrected chi connectivity index (χ3v) is 5.47. The molecule has 2 nitrogen and oxygen atoms in total. The van der Waals surface area contributed by atoms with Crippen molar-refractivity contribution < 1.29 is 4.74 Å². The number of fused-ring (bicyclic) bond motifs is 1. The van der Waals surface area contributed by atoms with Crippen molar-refractivity contribution in [1.82, 2.24) is 0 Å². The molecule has 112 valence electrons. The largest absolute Gasteiger partial charge is 0.494 e. The first-order valence-electron chi connectivity index (χ1n) is 7.54. The van der Waals surface area contributed by atoms with Crippen LogP contribution in [0.3, 0.4) is 0 Å². The predicted octanol–water partition coefficient (Wildman–Crippen LogP) is 5.79. The van der Waals surface area contributed by atoms with Crippen molar-refractivity contribution in [2.45, 2.75) is 38.6 Å². The molecule has 21 heavy (non-hydrogen) atoms. The summed E-state index contributed by atoms with van der Waals surface area (Å²) in [5.41, 5.74) is 2.63. The van der Waals surface area contributed by atoms with E-state index in [0.717, 1.165) is 18.8 Å². The second-order valence-corrected chi connectivity index (χ2v) is 7.91. The van der Waals surface area contributed by atoms with Crippen LogP contribution in [0, 0.1) is 0 Å². The molecule has 1 N–H and O–H groups in total. The molecule has 0 spiro atoms. The first kappa shape index (κ1) is 14.9. The maximum Gasteiger partial charge on any atom is 0.119 e. The summed E-state index contributed by atoms with van der Waals surface area (Å²) in [5.74, 6) is 0.949. The Labute approximate surface area is 138 Å². The second kappa shape index (κ2) is 6.84. The molecule has 2 aromatic rings. The first-order valence-corrected chi connectivity index (χ1v) is 9.14.